The fourth-order valence-corrected chi connectivity index (χ4v) is 2.87. The van der Waals surface area contributed by atoms with Crippen LogP contribution in [0.4, 0.5) is 4.79 Å². The minimum atomic E-state index is -1.36. The summed E-state index contributed by atoms with van der Waals surface area (Å²) in [5.74, 6) is -1.91. The number of aromatic hydroxyl groups is 1. The van der Waals surface area contributed by atoms with Crippen LogP contribution in [-0.2, 0) is 9.53 Å². The molecule has 0 fully saturated rings. The first-order valence-corrected chi connectivity index (χ1v) is 9.06. The maximum atomic E-state index is 12.7. The summed E-state index contributed by atoms with van der Waals surface area (Å²) in [6.45, 7) is 2.04. The van der Waals surface area contributed by atoms with Crippen molar-refractivity contribution in [2.45, 2.75) is 13.0 Å². The van der Waals surface area contributed by atoms with Crippen LogP contribution in [0, 0.1) is 0 Å². The van der Waals surface area contributed by atoms with Gasteiger partial charge in [0.15, 0.2) is 0 Å². The second kappa shape index (κ2) is 8.88. The summed E-state index contributed by atoms with van der Waals surface area (Å²) in [7, 11) is 0. The van der Waals surface area contributed by atoms with E-state index in [2.05, 4.69) is 10.6 Å². The zero-order valence-corrected chi connectivity index (χ0v) is 15.7. The Hall–Kier alpha value is -3.87. The molecular formula is C22H20N2O5. The lowest BCUT2D eigenvalue weighted by molar-refractivity contribution is -0.129. The molecule has 0 radical (unpaired) electrons. The quantitative estimate of drug-likeness (QED) is 0.578. The Morgan fingerprint density at radius 1 is 0.966 bits per heavy atom. The summed E-state index contributed by atoms with van der Waals surface area (Å²) >= 11 is 0. The lowest BCUT2D eigenvalue weighted by Crippen LogP contribution is -2.42. The number of urea groups is 1. The SMILES string of the molecule is CCNC(=O)NC(=O)[C@@H](OC(=O)c1ccc2ccccc2c1O)c1ccccc1. The van der Waals surface area contributed by atoms with Crippen LogP contribution in [0.3, 0.4) is 0 Å². The van der Waals surface area contributed by atoms with Crippen molar-refractivity contribution in [3.63, 3.8) is 0 Å². The molecule has 3 amide bonds. The van der Waals surface area contributed by atoms with Crippen LogP contribution < -0.4 is 10.6 Å². The van der Waals surface area contributed by atoms with E-state index >= 15 is 0 Å². The molecule has 0 aliphatic rings. The van der Waals surface area contributed by atoms with Gasteiger partial charge in [-0.2, -0.15) is 0 Å². The highest BCUT2D eigenvalue weighted by Gasteiger charge is 2.28. The standard InChI is InChI=1S/C22H20N2O5/c1-2-23-22(28)24-20(26)19(15-9-4-3-5-10-15)29-21(27)17-13-12-14-8-6-7-11-16(14)18(17)25/h3-13,19,25H,2H2,1H3,(H2,23,24,26,28)/t19-/m0/s1. The molecule has 1 atom stereocenters. The van der Waals surface area contributed by atoms with E-state index in [1.54, 1.807) is 61.5 Å². The summed E-state index contributed by atoms with van der Waals surface area (Å²) in [4.78, 5) is 37.0. The zero-order valence-electron chi connectivity index (χ0n) is 15.7. The van der Waals surface area contributed by atoms with Crippen LogP contribution in [0.15, 0.2) is 66.7 Å². The van der Waals surface area contributed by atoms with E-state index in [9.17, 15) is 19.5 Å². The fourth-order valence-electron chi connectivity index (χ4n) is 2.87. The highest BCUT2D eigenvalue weighted by Crippen LogP contribution is 2.30. The molecule has 3 aromatic carbocycles. The first-order valence-electron chi connectivity index (χ1n) is 9.06. The van der Waals surface area contributed by atoms with Crippen LogP contribution in [0.25, 0.3) is 10.8 Å². The summed E-state index contributed by atoms with van der Waals surface area (Å²) in [6, 6.07) is 17.8. The highest BCUT2D eigenvalue weighted by atomic mass is 16.5. The number of esters is 1. The molecule has 0 spiro atoms. The number of carbonyl (C=O) groups is 3. The molecule has 0 aliphatic carbocycles. The summed E-state index contributed by atoms with van der Waals surface area (Å²) in [5, 5.41) is 16.3. The Morgan fingerprint density at radius 2 is 1.66 bits per heavy atom. The lowest BCUT2D eigenvalue weighted by Gasteiger charge is -2.18. The fraction of sp³-hybridized carbons (Fsp3) is 0.136. The normalized spacial score (nSPS) is 11.5. The van der Waals surface area contributed by atoms with Gasteiger partial charge >= 0.3 is 12.0 Å². The Labute approximate surface area is 167 Å². The predicted molar refractivity (Wildman–Crippen MR) is 107 cm³/mol. The van der Waals surface area contributed by atoms with Gasteiger partial charge in [-0.3, -0.25) is 10.1 Å². The molecule has 0 saturated heterocycles. The van der Waals surface area contributed by atoms with Crippen LogP contribution in [0.1, 0.15) is 28.9 Å². The maximum Gasteiger partial charge on any atom is 0.343 e. The highest BCUT2D eigenvalue weighted by molar-refractivity contribution is 6.03. The van der Waals surface area contributed by atoms with Crippen LogP contribution >= 0.6 is 0 Å². The Bertz CT molecular complexity index is 1050. The third-order valence-corrected chi connectivity index (χ3v) is 4.26. The van der Waals surface area contributed by atoms with Crippen molar-refractivity contribution in [1.82, 2.24) is 10.6 Å². The van der Waals surface area contributed by atoms with Crippen LogP contribution in [-0.4, -0.2) is 29.6 Å². The van der Waals surface area contributed by atoms with Gasteiger partial charge in [-0.05, 0) is 18.4 Å². The number of ether oxygens (including phenoxy) is 1. The van der Waals surface area contributed by atoms with Gasteiger partial charge < -0.3 is 15.2 Å². The monoisotopic (exact) mass is 392 g/mol. The molecule has 7 heteroatoms. The molecule has 0 unspecified atom stereocenters. The molecule has 3 rings (SSSR count). The van der Waals surface area contributed by atoms with Gasteiger partial charge in [0.1, 0.15) is 11.3 Å². The number of phenols is 1. The Morgan fingerprint density at radius 3 is 2.38 bits per heavy atom. The van der Waals surface area contributed by atoms with E-state index in [0.29, 0.717) is 17.5 Å². The lowest BCUT2D eigenvalue weighted by atomic mass is 10.0. The first-order chi connectivity index (χ1) is 14.0. The predicted octanol–water partition coefficient (Wildman–Crippen LogP) is 3.29. The molecule has 3 N–H and O–H groups in total. The topological polar surface area (TPSA) is 105 Å². The van der Waals surface area contributed by atoms with Crippen molar-refractivity contribution in [1.29, 1.82) is 0 Å². The first kappa shape index (κ1) is 19.9. The minimum absolute atomic E-state index is 0.0737. The third-order valence-electron chi connectivity index (χ3n) is 4.26. The van der Waals surface area contributed by atoms with E-state index in [-0.39, 0.29) is 11.3 Å². The third kappa shape index (κ3) is 4.52. The molecule has 0 aliphatic heterocycles. The number of rotatable bonds is 5. The van der Waals surface area contributed by atoms with Crippen molar-refractivity contribution in [2.75, 3.05) is 6.54 Å². The second-order valence-corrected chi connectivity index (χ2v) is 6.23. The molecular weight excluding hydrogens is 372 g/mol. The van der Waals surface area contributed by atoms with Crippen LogP contribution in [0.5, 0.6) is 5.75 Å². The maximum absolute atomic E-state index is 12.7. The zero-order chi connectivity index (χ0) is 20.8. The van der Waals surface area contributed by atoms with Gasteiger partial charge in [0.2, 0.25) is 6.10 Å². The van der Waals surface area contributed by atoms with Crippen molar-refractivity contribution < 1.29 is 24.2 Å². The molecule has 0 bridgehead atoms. The summed E-state index contributed by atoms with van der Waals surface area (Å²) < 4.78 is 5.40. The number of imide groups is 1. The molecule has 0 saturated carbocycles. The van der Waals surface area contributed by atoms with Crippen molar-refractivity contribution in [3.05, 3.63) is 77.9 Å². The Balaban J connectivity index is 1.89. The number of fused-ring (bicyclic) bond motifs is 1. The molecule has 3 aromatic rings. The van der Waals surface area contributed by atoms with E-state index in [1.807, 2.05) is 6.07 Å². The van der Waals surface area contributed by atoms with Gasteiger partial charge in [-0.25, -0.2) is 9.59 Å². The van der Waals surface area contributed by atoms with Gasteiger partial charge in [-0.15, -0.1) is 0 Å². The molecule has 29 heavy (non-hydrogen) atoms. The van der Waals surface area contributed by atoms with Crippen molar-refractivity contribution in [2.24, 2.45) is 0 Å². The molecule has 7 nitrogen and oxygen atoms in total. The molecule has 148 valence electrons. The summed E-state index contributed by atoms with van der Waals surface area (Å²) in [6.07, 6.45) is -1.36. The van der Waals surface area contributed by atoms with Gasteiger partial charge in [0.05, 0.1) is 0 Å². The Kier molecular flexibility index (Phi) is 6.09. The smallest absolute Gasteiger partial charge is 0.343 e. The average Bonchev–Trinajstić information content (AvgIpc) is 2.73. The van der Waals surface area contributed by atoms with E-state index < -0.39 is 24.0 Å². The summed E-state index contributed by atoms with van der Waals surface area (Å²) in [5.41, 5.74) is 0.318. The molecule has 0 aromatic heterocycles. The van der Waals surface area contributed by atoms with Gasteiger partial charge in [-0.1, -0.05) is 60.7 Å². The second-order valence-electron chi connectivity index (χ2n) is 6.23. The van der Waals surface area contributed by atoms with E-state index in [0.717, 1.165) is 5.39 Å². The number of carbonyl (C=O) groups excluding carboxylic acids is 3. The van der Waals surface area contributed by atoms with Crippen molar-refractivity contribution >= 4 is 28.7 Å². The van der Waals surface area contributed by atoms with Crippen LogP contribution in [0.2, 0.25) is 0 Å². The number of hydrogen-bond acceptors (Lipinski definition) is 5. The number of phenolic OH excluding ortho intramolecular Hbond substituents is 1. The largest absolute Gasteiger partial charge is 0.506 e. The van der Waals surface area contributed by atoms with E-state index in [4.69, 9.17) is 4.74 Å². The van der Waals surface area contributed by atoms with Crippen molar-refractivity contribution in [3.8, 4) is 5.75 Å². The van der Waals surface area contributed by atoms with Gasteiger partial charge in [0, 0.05) is 17.5 Å². The molecule has 0 heterocycles. The minimum Gasteiger partial charge on any atom is -0.506 e. The average molecular weight is 392 g/mol. The number of hydrogen-bond donors (Lipinski definition) is 3. The number of nitrogens with one attached hydrogen (secondary N) is 2. The van der Waals surface area contributed by atoms with Gasteiger partial charge in [0.25, 0.3) is 5.91 Å². The number of amides is 3. The van der Waals surface area contributed by atoms with E-state index in [1.165, 1.54) is 6.07 Å². The number of benzene rings is 3.